The van der Waals surface area contributed by atoms with Crippen LogP contribution >= 0.6 is 0 Å². The molecule has 0 aliphatic carbocycles. The molecule has 0 unspecified atom stereocenters. The van der Waals surface area contributed by atoms with Crippen molar-refractivity contribution in [3.63, 3.8) is 0 Å². The van der Waals surface area contributed by atoms with Crippen LogP contribution in [0.3, 0.4) is 0 Å². The molecule has 66 valence electrons. The first kappa shape index (κ1) is 9.07. The summed E-state index contributed by atoms with van der Waals surface area (Å²) in [7, 11) is 0. The molecule has 0 aliphatic rings. The van der Waals surface area contributed by atoms with Gasteiger partial charge in [0.2, 0.25) is 0 Å². The summed E-state index contributed by atoms with van der Waals surface area (Å²) in [6, 6.07) is 1.64. The zero-order valence-electron chi connectivity index (χ0n) is 6.82. The quantitative estimate of drug-likeness (QED) is 0.610. The van der Waals surface area contributed by atoms with Crippen LogP contribution in [0.2, 0.25) is 0 Å². The van der Waals surface area contributed by atoms with E-state index in [-0.39, 0.29) is 6.42 Å². The van der Waals surface area contributed by atoms with E-state index in [1.807, 2.05) is 0 Å². The van der Waals surface area contributed by atoms with E-state index in [2.05, 4.69) is 16.8 Å². The number of carboxylic acid groups (broad SMARTS) is 1. The second-order valence-electron chi connectivity index (χ2n) is 2.38. The van der Waals surface area contributed by atoms with Gasteiger partial charge in [0.1, 0.15) is 6.42 Å². The monoisotopic (exact) mass is 176 g/mol. The van der Waals surface area contributed by atoms with Gasteiger partial charge in [0.05, 0.1) is 5.69 Å². The van der Waals surface area contributed by atoms with Crippen molar-refractivity contribution in [1.29, 1.82) is 0 Å². The van der Waals surface area contributed by atoms with Crippen LogP contribution in [0, 0.1) is 11.8 Å². The minimum atomic E-state index is -0.940. The number of aromatic nitrogens is 1. The van der Waals surface area contributed by atoms with Crippen LogP contribution in [-0.4, -0.2) is 16.1 Å². The van der Waals surface area contributed by atoms with E-state index in [0.717, 1.165) is 0 Å². The van der Waals surface area contributed by atoms with Crippen molar-refractivity contribution in [3.05, 3.63) is 24.0 Å². The van der Waals surface area contributed by atoms with Crippen molar-refractivity contribution < 1.29 is 9.90 Å². The Morgan fingerprint density at radius 1 is 1.62 bits per heavy atom. The number of nitrogens with zero attached hydrogens (tertiary/aromatic N) is 1. The Bertz CT molecular complexity index is 377. The summed E-state index contributed by atoms with van der Waals surface area (Å²) < 4.78 is 0. The van der Waals surface area contributed by atoms with Crippen LogP contribution < -0.4 is 5.73 Å². The second kappa shape index (κ2) is 4.12. The normalized spacial score (nSPS) is 8.62. The highest BCUT2D eigenvalue weighted by molar-refractivity contribution is 5.70. The Labute approximate surface area is 75.4 Å². The maximum Gasteiger partial charge on any atom is 0.315 e. The van der Waals surface area contributed by atoms with Gasteiger partial charge in [-0.05, 0) is 6.07 Å². The fourth-order valence-electron chi connectivity index (χ4n) is 0.748. The lowest BCUT2D eigenvalue weighted by molar-refractivity contribution is -0.135. The summed E-state index contributed by atoms with van der Waals surface area (Å²) in [5.74, 6) is 4.19. The second-order valence-corrected chi connectivity index (χ2v) is 2.38. The minimum absolute atomic E-state index is 0.172. The van der Waals surface area contributed by atoms with Crippen molar-refractivity contribution in [2.45, 2.75) is 6.42 Å². The van der Waals surface area contributed by atoms with Crippen molar-refractivity contribution >= 4 is 11.7 Å². The van der Waals surface area contributed by atoms with Gasteiger partial charge in [0.25, 0.3) is 0 Å². The van der Waals surface area contributed by atoms with Gasteiger partial charge >= 0.3 is 5.97 Å². The molecule has 1 heterocycles. The van der Waals surface area contributed by atoms with Crippen molar-refractivity contribution in [2.24, 2.45) is 0 Å². The molecule has 4 nitrogen and oxygen atoms in total. The number of aliphatic carboxylic acids is 1. The average molecular weight is 176 g/mol. The Balaban J connectivity index is 2.72. The van der Waals surface area contributed by atoms with E-state index in [0.29, 0.717) is 11.3 Å². The van der Waals surface area contributed by atoms with Crippen LogP contribution in [0.15, 0.2) is 18.5 Å². The van der Waals surface area contributed by atoms with Crippen LogP contribution in [0.4, 0.5) is 5.69 Å². The summed E-state index contributed by atoms with van der Waals surface area (Å²) in [6.45, 7) is 0. The molecule has 0 saturated heterocycles. The van der Waals surface area contributed by atoms with Gasteiger partial charge < -0.3 is 10.8 Å². The molecule has 1 aromatic heterocycles. The van der Waals surface area contributed by atoms with Gasteiger partial charge in [0.15, 0.2) is 0 Å². The molecular formula is C9H8N2O2. The maximum absolute atomic E-state index is 10.1. The molecule has 4 heteroatoms. The van der Waals surface area contributed by atoms with Crippen LogP contribution in [-0.2, 0) is 4.79 Å². The van der Waals surface area contributed by atoms with Crippen LogP contribution in [0.1, 0.15) is 12.0 Å². The fourth-order valence-corrected chi connectivity index (χ4v) is 0.748. The molecule has 0 atom stereocenters. The van der Waals surface area contributed by atoms with Crippen molar-refractivity contribution in [2.75, 3.05) is 5.73 Å². The van der Waals surface area contributed by atoms with Gasteiger partial charge in [-0.15, -0.1) is 0 Å². The lowest BCUT2D eigenvalue weighted by Crippen LogP contribution is -1.91. The Hall–Kier alpha value is -2.02. The van der Waals surface area contributed by atoms with E-state index in [9.17, 15) is 4.79 Å². The lowest BCUT2D eigenvalue weighted by atomic mass is 10.2. The molecule has 1 aromatic rings. The van der Waals surface area contributed by atoms with Crippen molar-refractivity contribution in [1.82, 2.24) is 4.98 Å². The molecule has 0 bridgehead atoms. The maximum atomic E-state index is 10.1. The predicted octanol–water partition coefficient (Wildman–Crippen LogP) is 0.490. The third-order valence-corrected chi connectivity index (χ3v) is 1.23. The van der Waals surface area contributed by atoms with Crippen molar-refractivity contribution in [3.8, 4) is 11.8 Å². The molecule has 13 heavy (non-hydrogen) atoms. The first-order valence-corrected chi connectivity index (χ1v) is 3.59. The van der Waals surface area contributed by atoms with Gasteiger partial charge in [-0.25, -0.2) is 0 Å². The average Bonchev–Trinajstić information content (AvgIpc) is 2.03. The summed E-state index contributed by atoms with van der Waals surface area (Å²) in [6.07, 6.45) is 2.86. The Morgan fingerprint density at radius 2 is 2.38 bits per heavy atom. The summed E-state index contributed by atoms with van der Waals surface area (Å²) in [5.41, 5.74) is 6.59. The number of hydrogen-bond acceptors (Lipinski definition) is 3. The number of carboxylic acids is 1. The number of nitrogen functional groups attached to an aromatic ring is 1. The van der Waals surface area contributed by atoms with E-state index in [1.165, 1.54) is 12.4 Å². The number of hydrogen-bond donors (Lipinski definition) is 2. The summed E-state index contributed by atoms with van der Waals surface area (Å²) >= 11 is 0. The largest absolute Gasteiger partial charge is 0.481 e. The smallest absolute Gasteiger partial charge is 0.315 e. The zero-order valence-corrected chi connectivity index (χ0v) is 6.82. The topological polar surface area (TPSA) is 76.2 Å². The SMILES string of the molecule is Nc1cncc(C#CCC(=O)O)c1. The zero-order chi connectivity index (χ0) is 9.68. The molecule has 0 radical (unpaired) electrons. The first-order chi connectivity index (χ1) is 6.18. The van der Waals surface area contributed by atoms with Crippen LogP contribution in [0.25, 0.3) is 0 Å². The minimum Gasteiger partial charge on any atom is -0.481 e. The Kier molecular flexibility index (Phi) is 2.87. The Morgan fingerprint density at radius 3 is 3.00 bits per heavy atom. The van der Waals surface area contributed by atoms with Gasteiger partial charge in [-0.2, -0.15) is 0 Å². The van der Waals surface area contributed by atoms with Gasteiger partial charge in [-0.1, -0.05) is 11.8 Å². The standard InChI is InChI=1S/C9H8N2O2/c10-8-4-7(5-11-6-8)2-1-3-9(12)13/h4-6H,3,10H2,(H,12,13). The third-order valence-electron chi connectivity index (χ3n) is 1.23. The van der Waals surface area contributed by atoms with E-state index < -0.39 is 5.97 Å². The summed E-state index contributed by atoms with van der Waals surface area (Å²) in [4.78, 5) is 13.9. The molecule has 0 fully saturated rings. The van der Waals surface area contributed by atoms with Crippen LogP contribution in [0.5, 0.6) is 0 Å². The number of rotatable bonds is 1. The third kappa shape index (κ3) is 3.25. The lowest BCUT2D eigenvalue weighted by Gasteiger charge is -1.91. The van der Waals surface area contributed by atoms with Gasteiger partial charge in [0, 0.05) is 18.0 Å². The fraction of sp³-hybridized carbons (Fsp3) is 0.111. The predicted molar refractivity (Wildman–Crippen MR) is 47.8 cm³/mol. The highest BCUT2D eigenvalue weighted by Gasteiger charge is 1.90. The molecule has 0 aliphatic heterocycles. The first-order valence-electron chi connectivity index (χ1n) is 3.59. The summed E-state index contributed by atoms with van der Waals surface area (Å²) in [5, 5.41) is 8.30. The molecule has 0 amide bonds. The molecule has 0 spiro atoms. The van der Waals surface area contributed by atoms with E-state index in [1.54, 1.807) is 6.07 Å². The number of anilines is 1. The number of carbonyl (C=O) groups is 1. The van der Waals surface area contributed by atoms with E-state index in [4.69, 9.17) is 10.8 Å². The van der Waals surface area contributed by atoms with Gasteiger partial charge in [-0.3, -0.25) is 9.78 Å². The molecule has 1 rings (SSSR count). The highest BCUT2D eigenvalue weighted by Crippen LogP contribution is 2.01. The highest BCUT2D eigenvalue weighted by atomic mass is 16.4. The molecule has 0 aromatic carbocycles. The molecule has 3 N–H and O–H groups in total. The van der Waals surface area contributed by atoms with E-state index >= 15 is 0 Å². The number of nitrogens with two attached hydrogens (primary N) is 1. The molecular weight excluding hydrogens is 168 g/mol. The molecule has 0 saturated carbocycles. The number of pyridine rings is 1.